The third-order valence-corrected chi connectivity index (χ3v) is 6.12. The van der Waals surface area contributed by atoms with Crippen LogP contribution in [0.1, 0.15) is 18.1 Å². The lowest BCUT2D eigenvalue weighted by Gasteiger charge is -2.15. The van der Waals surface area contributed by atoms with Crippen LogP contribution in [0, 0.1) is 10.1 Å². The van der Waals surface area contributed by atoms with Crippen molar-refractivity contribution < 1.29 is 14.5 Å². The minimum Gasteiger partial charge on any atom is -0.493 e. The molecule has 28 heavy (non-hydrogen) atoms. The predicted molar refractivity (Wildman–Crippen MR) is 117 cm³/mol. The smallest absolute Gasteiger partial charge is 0.269 e. The minimum absolute atomic E-state index is 0.141. The largest absolute Gasteiger partial charge is 0.493 e. The second kappa shape index (κ2) is 10.4. The van der Waals surface area contributed by atoms with Gasteiger partial charge < -0.3 is 4.74 Å². The van der Waals surface area contributed by atoms with Crippen molar-refractivity contribution in [2.24, 2.45) is 0 Å². The van der Waals surface area contributed by atoms with Gasteiger partial charge >= 0.3 is 0 Å². The van der Waals surface area contributed by atoms with Crippen LogP contribution in [0.15, 0.2) is 53.4 Å². The van der Waals surface area contributed by atoms with Gasteiger partial charge in [0.25, 0.3) is 5.69 Å². The van der Waals surface area contributed by atoms with E-state index in [1.807, 2.05) is 31.2 Å². The first-order chi connectivity index (χ1) is 13.2. The number of carbonyl (C=O) groups is 1. The Labute approximate surface area is 184 Å². The Kier molecular flexibility index (Phi) is 8.52. The second-order valence-electron chi connectivity index (χ2n) is 5.23. The lowest BCUT2D eigenvalue weighted by molar-refractivity contribution is -0.385. The van der Waals surface area contributed by atoms with E-state index in [1.165, 1.54) is 24.3 Å². The molecule has 0 saturated carbocycles. The maximum atomic E-state index is 12.2. The molecule has 2 aromatic carbocycles. The summed E-state index contributed by atoms with van der Waals surface area (Å²) in [5.74, 6) is 0.681. The van der Waals surface area contributed by atoms with Gasteiger partial charge in [-0.2, -0.15) is 0 Å². The molecule has 0 atom stereocenters. The van der Waals surface area contributed by atoms with Crippen molar-refractivity contribution in [3.05, 3.63) is 69.8 Å². The Morgan fingerprint density at radius 3 is 2.61 bits per heavy atom. The van der Waals surface area contributed by atoms with E-state index in [9.17, 15) is 14.9 Å². The Bertz CT molecular complexity index is 901. The maximum Gasteiger partial charge on any atom is 0.269 e. The summed E-state index contributed by atoms with van der Waals surface area (Å²) in [5.41, 5.74) is 0.720. The lowest BCUT2D eigenvalue weighted by Crippen LogP contribution is -2.03. The molecule has 0 amide bonds. The van der Waals surface area contributed by atoms with Gasteiger partial charge in [-0.1, -0.05) is 53.0 Å². The highest BCUT2D eigenvalue weighted by Gasteiger charge is 2.29. The number of carbonyl (C=O) groups excluding carboxylic acids is 1. The van der Waals surface area contributed by atoms with E-state index in [4.69, 9.17) is 39.5 Å². The number of non-ortho nitro benzene ring substituents is 1. The number of para-hydroxylation sites is 1. The summed E-state index contributed by atoms with van der Waals surface area (Å²) >= 11 is 17.8. The normalized spacial score (nSPS) is 11.6. The SMILES string of the molecule is CCOc1ccccc1C=CC(=O)SSc1ccc([N+](=O)[O-])cc1C(Cl)(Cl)Cl. The fraction of sp³-hybridized carbons (Fsp3) is 0.167. The number of alkyl halides is 3. The van der Waals surface area contributed by atoms with Gasteiger partial charge in [0.1, 0.15) is 5.75 Å². The highest BCUT2D eigenvalue weighted by Crippen LogP contribution is 2.46. The van der Waals surface area contributed by atoms with Crippen molar-refractivity contribution in [3.8, 4) is 5.75 Å². The fourth-order valence-corrected chi connectivity index (χ4v) is 4.58. The van der Waals surface area contributed by atoms with E-state index in [1.54, 1.807) is 6.08 Å². The Hall–Kier alpha value is -1.38. The molecular formula is C18H14Cl3NO4S2. The quantitative estimate of drug-likeness (QED) is 0.143. The van der Waals surface area contributed by atoms with E-state index in [-0.39, 0.29) is 16.4 Å². The number of rotatable bonds is 7. The van der Waals surface area contributed by atoms with Crippen molar-refractivity contribution in [2.45, 2.75) is 15.6 Å². The Morgan fingerprint density at radius 1 is 1.25 bits per heavy atom. The van der Waals surface area contributed by atoms with Gasteiger partial charge in [-0.15, -0.1) is 0 Å². The molecule has 0 aromatic heterocycles. The van der Waals surface area contributed by atoms with Crippen molar-refractivity contribution in [1.29, 1.82) is 0 Å². The van der Waals surface area contributed by atoms with Crippen LogP contribution in [0.25, 0.3) is 6.08 Å². The Morgan fingerprint density at radius 2 is 1.96 bits per heavy atom. The maximum absolute atomic E-state index is 12.2. The van der Waals surface area contributed by atoms with Gasteiger partial charge in [0, 0.05) is 28.2 Å². The molecule has 0 heterocycles. The molecule has 2 aromatic rings. The Balaban J connectivity index is 2.12. The van der Waals surface area contributed by atoms with Crippen LogP contribution in [0.5, 0.6) is 5.75 Å². The van der Waals surface area contributed by atoms with Crippen LogP contribution >= 0.6 is 56.4 Å². The topological polar surface area (TPSA) is 69.4 Å². The number of nitro benzene ring substituents is 1. The van der Waals surface area contributed by atoms with E-state index in [0.717, 1.165) is 27.2 Å². The molecule has 0 fully saturated rings. The van der Waals surface area contributed by atoms with Crippen molar-refractivity contribution in [3.63, 3.8) is 0 Å². The molecule has 0 radical (unpaired) electrons. The van der Waals surface area contributed by atoms with Gasteiger partial charge in [0.15, 0.2) is 0 Å². The number of ether oxygens (including phenoxy) is 1. The van der Waals surface area contributed by atoms with Gasteiger partial charge in [0.2, 0.25) is 8.91 Å². The summed E-state index contributed by atoms with van der Waals surface area (Å²) < 4.78 is 3.65. The summed E-state index contributed by atoms with van der Waals surface area (Å²) in [6.45, 7) is 2.40. The molecule has 0 aliphatic heterocycles. The summed E-state index contributed by atoms with van der Waals surface area (Å²) in [5, 5.41) is 10.7. The van der Waals surface area contributed by atoms with Crippen molar-refractivity contribution in [2.75, 3.05) is 6.61 Å². The van der Waals surface area contributed by atoms with E-state index in [0.29, 0.717) is 17.3 Å². The first-order valence-electron chi connectivity index (χ1n) is 7.86. The van der Waals surface area contributed by atoms with Crippen LogP contribution in [-0.4, -0.2) is 16.6 Å². The second-order valence-corrected chi connectivity index (χ2v) is 9.68. The standard InChI is InChI=1S/C18H14Cl3NO4S2/c1-2-26-15-6-4-3-5-12(15)7-10-17(23)28-27-16-9-8-13(22(24)25)11-14(16)18(19,20)21/h3-11H,2H2,1H3. The molecule has 2 rings (SSSR count). The number of hydrogen-bond acceptors (Lipinski definition) is 6. The van der Waals surface area contributed by atoms with Crippen LogP contribution < -0.4 is 4.74 Å². The monoisotopic (exact) mass is 477 g/mol. The average Bonchev–Trinajstić information content (AvgIpc) is 2.65. The zero-order chi connectivity index (χ0) is 20.7. The van der Waals surface area contributed by atoms with Gasteiger partial charge in [-0.25, -0.2) is 0 Å². The molecule has 0 spiro atoms. The van der Waals surface area contributed by atoms with E-state index in [2.05, 4.69) is 0 Å². The molecule has 0 N–H and O–H groups in total. The van der Waals surface area contributed by atoms with E-state index >= 15 is 0 Å². The highest BCUT2D eigenvalue weighted by molar-refractivity contribution is 8.82. The number of hydrogen-bond donors (Lipinski definition) is 0. The molecule has 5 nitrogen and oxygen atoms in total. The summed E-state index contributed by atoms with van der Waals surface area (Å²) in [6, 6.07) is 11.3. The zero-order valence-electron chi connectivity index (χ0n) is 14.4. The molecule has 0 unspecified atom stereocenters. The van der Waals surface area contributed by atoms with Crippen LogP contribution in [0.3, 0.4) is 0 Å². The van der Waals surface area contributed by atoms with Gasteiger partial charge in [-0.05, 0) is 52.8 Å². The summed E-state index contributed by atoms with van der Waals surface area (Å²) in [6.07, 6.45) is 3.07. The summed E-state index contributed by atoms with van der Waals surface area (Å²) in [7, 11) is 1.98. The summed E-state index contributed by atoms with van der Waals surface area (Å²) in [4.78, 5) is 23.0. The molecule has 10 heteroatoms. The first kappa shape index (κ1) is 22.9. The molecule has 0 aliphatic rings. The van der Waals surface area contributed by atoms with E-state index < -0.39 is 8.72 Å². The van der Waals surface area contributed by atoms with Gasteiger partial charge in [-0.3, -0.25) is 14.9 Å². The molecule has 0 bridgehead atoms. The fourth-order valence-electron chi connectivity index (χ4n) is 2.10. The average molecular weight is 479 g/mol. The molecule has 0 saturated heterocycles. The number of nitro groups is 1. The third-order valence-electron chi connectivity index (χ3n) is 3.31. The minimum atomic E-state index is -1.86. The number of nitrogens with zero attached hydrogens (tertiary/aromatic N) is 1. The first-order valence-corrected chi connectivity index (χ1v) is 11.1. The van der Waals surface area contributed by atoms with Crippen LogP contribution in [0.4, 0.5) is 5.69 Å². The number of halogens is 3. The lowest BCUT2D eigenvalue weighted by atomic mass is 10.2. The van der Waals surface area contributed by atoms with Crippen molar-refractivity contribution in [1.82, 2.24) is 0 Å². The third kappa shape index (κ3) is 6.60. The zero-order valence-corrected chi connectivity index (χ0v) is 18.3. The molecular weight excluding hydrogens is 465 g/mol. The van der Waals surface area contributed by atoms with Gasteiger partial charge in [0.05, 0.1) is 11.5 Å². The molecule has 0 aliphatic carbocycles. The van der Waals surface area contributed by atoms with Crippen molar-refractivity contribution >= 4 is 73.3 Å². The number of benzene rings is 2. The van der Waals surface area contributed by atoms with Crippen LogP contribution in [-0.2, 0) is 8.59 Å². The molecule has 148 valence electrons. The van der Waals surface area contributed by atoms with Crippen LogP contribution in [0.2, 0.25) is 0 Å². The highest BCUT2D eigenvalue weighted by atomic mass is 35.6. The predicted octanol–water partition coefficient (Wildman–Crippen LogP) is 6.80.